The van der Waals surface area contributed by atoms with Gasteiger partial charge in [-0.1, -0.05) is 25.1 Å². The molecule has 0 aliphatic carbocycles. The number of rotatable bonds is 5. The van der Waals surface area contributed by atoms with E-state index in [0.717, 1.165) is 29.7 Å². The van der Waals surface area contributed by atoms with E-state index in [-0.39, 0.29) is 30.7 Å². The summed E-state index contributed by atoms with van der Waals surface area (Å²) >= 11 is 0. The molecular weight excluding hydrogens is 309 g/mol. The van der Waals surface area contributed by atoms with Gasteiger partial charge < -0.3 is 10.6 Å². The van der Waals surface area contributed by atoms with Gasteiger partial charge >= 0.3 is 0 Å². The number of benzene rings is 1. The lowest BCUT2D eigenvalue weighted by molar-refractivity contribution is 0.0955. The van der Waals surface area contributed by atoms with E-state index in [1.54, 1.807) is 0 Å². The van der Waals surface area contributed by atoms with Gasteiger partial charge in [0.05, 0.1) is 11.1 Å². The predicted octanol–water partition coefficient (Wildman–Crippen LogP) is 2.73. The van der Waals surface area contributed by atoms with E-state index in [2.05, 4.69) is 15.6 Å². The molecule has 0 atom stereocenters. The van der Waals surface area contributed by atoms with Crippen molar-refractivity contribution in [3.8, 4) is 0 Å². The molecule has 0 radical (unpaired) electrons. The number of halogens is 2. The van der Waals surface area contributed by atoms with E-state index < -0.39 is 0 Å². The Balaban J connectivity index is 0.00000200. The summed E-state index contributed by atoms with van der Waals surface area (Å²) in [5.41, 5.74) is 2.32. The van der Waals surface area contributed by atoms with Crippen molar-refractivity contribution in [3.63, 3.8) is 0 Å². The number of fused-ring (bicyclic) bond motifs is 1. The van der Waals surface area contributed by atoms with Gasteiger partial charge in [0, 0.05) is 24.2 Å². The van der Waals surface area contributed by atoms with Gasteiger partial charge in [-0.25, -0.2) is 0 Å². The van der Waals surface area contributed by atoms with Crippen LogP contribution in [-0.2, 0) is 0 Å². The molecule has 2 N–H and O–H groups in total. The molecule has 2 rings (SSSR count). The van der Waals surface area contributed by atoms with Gasteiger partial charge in [0.2, 0.25) is 0 Å². The molecule has 0 bridgehead atoms. The number of likely N-dealkylation sites (N-methyl/N-ethyl adjacent to an activating group) is 1. The number of nitrogens with one attached hydrogen (secondary N) is 2. The summed E-state index contributed by atoms with van der Waals surface area (Å²) in [6, 6.07) is 9.62. The van der Waals surface area contributed by atoms with E-state index in [0.29, 0.717) is 12.1 Å². The SMILES string of the molecule is CCNCCNC(=O)c1cccc2ccc(C)nc12.Cl.Cl. The lowest BCUT2D eigenvalue weighted by atomic mass is 10.1. The molecule has 6 heteroatoms. The zero-order chi connectivity index (χ0) is 13.7. The molecule has 21 heavy (non-hydrogen) atoms. The fraction of sp³-hybridized carbons (Fsp3) is 0.333. The molecule has 1 heterocycles. The molecule has 0 saturated heterocycles. The number of nitrogens with zero attached hydrogens (tertiary/aromatic N) is 1. The molecule has 1 amide bonds. The van der Waals surface area contributed by atoms with Crippen molar-refractivity contribution < 1.29 is 4.79 Å². The number of aryl methyl sites for hydroxylation is 1. The summed E-state index contributed by atoms with van der Waals surface area (Å²) in [4.78, 5) is 16.6. The van der Waals surface area contributed by atoms with Crippen LogP contribution in [0.25, 0.3) is 10.9 Å². The minimum atomic E-state index is -0.0680. The van der Waals surface area contributed by atoms with Gasteiger partial charge in [-0.2, -0.15) is 0 Å². The lowest BCUT2D eigenvalue weighted by Gasteiger charge is -2.08. The predicted molar refractivity (Wildman–Crippen MR) is 91.9 cm³/mol. The fourth-order valence-electron chi connectivity index (χ4n) is 1.96. The first-order valence-electron chi connectivity index (χ1n) is 6.57. The maximum absolute atomic E-state index is 12.2. The van der Waals surface area contributed by atoms with Crippen LogP contribution in [0.5, 0.6) is 0 Å². The first kappa shape index (κ1) is 19.6. The van der Waals surface area contributed by atoms with Crippen molar-refractivity contribution in [1.82, 2.24) is 15.6 Å². The normalized spacial score (nSPS) is 9.62. The number of carbonyl (C=O) groups excluding carboxylic acids is 1. The van der Waals surface area contributed by atoms with Gasteiger partial charge in [-0.3, -0.25) is 9.78 Å². The van der Waals surface area contributed by atoms with Crippen molar-refractivity contribution in [2.45, 2.75) is 13.8 Å². The Morgan fingerprint density at radius 3 is 2.62 bits per heavy atom. The van der Waals surface area contributed by atoms with Crippen LogP contribution in [0.4, 0.5) is 0 Å². The molecule has 0 unspecified atom stereocenters. The third kappa shape index (κ3) is 5.16. The van der Waals surface area contributed by atoms with E-state index >= 15 is 0 Å². The third-order valence-corrected chi connectivity index (χ3v) is 2.94. The van der Waals surface area contributed by atoms with E-state index in [4.69, 9.17) is 0 Å². The standard InChI is InChI=1S/C15H19N3O.2ClH/c1-3-16-9-10-17-15(19)13-6-4-5-12-8-7-11(2)18-14(12)13;;/h4-8,16H,3,9-10H2,1-2H3,(H,17,19);2*1H. The van der Waals surface area contributed by atoms with Crippen LogP contribution >= 0.6 is 24.8 Å². The van der Waals surface area contributed by atoms with Gasteiger partial charge in [-0.05, 0) is 25.6 Å². The first-order valence-corrected chi connectivity index (χ1v) is 6.57. The Morgan fingerprint density at radius 2 is 1.90 bits per heavy atom. The number of para-hydroxylation sites is 1. The number of pyridine rings is 1. The van der Waals surface area contributed by atoms with Crippen molar-refractivity contribution in [2.75, 3.05) is 19.6 Å². The van der Waals surface area contributed by atoms with Crippen molar-refractivity contribution in [1.29, 1.82) is 0 Å². The monoisotopic (exact) mass is 329 g/mol. The van der Waals surface area contributed by atoms with Crippen molar-refractivity contribution >= 4 is 41.6 Å². The highest BCUT2D eigenvalue weighted by Gasteiger charge is 2.10. The summed E-state index contributed by atoms with van der Waals surface area (Å²) < 4.78 is 0. The van der Waals surface area contributed by atoms with Crippen molar-refractivity contribution in [3.05, 3.63) is 41.6 Å². The molecular formula is C15H21Cl2N3O. The Bertz CT molecular complexity index is 590. The molecule has 116 valence electrons. The Morgan fingerprint density at radius 1 is 1.14 bits per heavy atom. The molecule has 0 fully saturated rings. The second-order valence-electron chi connectivity index (χ2n) is 4.44. The number of carbonyl (C=O) groups is 1. The molecule has 1 aromatic heterocycles. The Labute approximate surface area is 137 Å². The molecule has 0 saturated carbocycles. The highest BCUT2D eigenvalue weighted by molar-refractivity contribution is 6.05. The highest BCUT2D eigenvalue weighted by atomic mass is 35.5. The molecule has 0 aliphatic heterocycles. The lowest BCUT2D eigenvalue weighted by Crippen LogP contribution is -2.31. The van der Waals surface area contributed by atoms with E-state index in [1.165, 1.54) is 0 Å². The molecule has 1 aromatic carbocycles. The quantitative estimate of drug-likeness (QED) is 0.829. The molecule has 2 aromatic rings. The number of aromatic nitrogens is 1. The van der Waals surface area contributed by atoms with Gasteiger partial charge in [0.15, 0.2) is 0 Å². The zero-order valence-corrected chi connectivity index (χ0v) is 13.8. The van der Waals surface area contributed by atoms with Crippen LogP contribution in [0.3, 0.4) is 0 Å². The minimum absolute atomic E-state index is 0. The fourth-order valence-corrected chi connectivity index (χ4v) is 1.96. The second-order valence-corrected chi connectivity index (χ2v) is 4.44. The van der Waals surface area contributed by atoms with E-state index in [9.17, 15) is 4.79 Å². The highest BCUT2D eigenvalue weighted by Crippen LogP contribution is 2.17. The van der Waals surface area contributed by atoms with E-state index in [1.807, 2.05) is 44.2 Å². The van der Waals surface area contributed by atoms with Gasteiger partial charge in [0.1, 0.15) is 0 Å². The molecule has 4 nitrogen and oxygen atoms in total. The van der Waals surface area contributed by atoms with Crippen LogP contribution in [0.1, 0.15) is 23.0 Å². The average molecular weight is 330 g/mol. The summed E-state index contributed by atoms with van der Waals surface area (Å²) in [5.74, 6) is -0.0680. The molecule has 0 aliphatic rings. The van der Waals surface area contributed by atoms with Crippen LogP contribution < -0.4 is 10.6 Å². The molecule has 0 spiro atoms. The number of hydrogen-bond acceptors (Lipinski definition) is 3. The van der Waals surface area contributed by atoms with Crippen molar-refractivity contribution in [2.24, 2.45) is 0 Å². The minimum Gasteiger partial charge on any atom is -0.351 e. The third-order valence-electron chi connectivity index (χ3n) is 2.94. The topological polar surface area (TPSA) is 54.0 Å². The zero-order valence-electron chi connectivity index (χ0n) is 12.2. The van der Waals surface area contributed by atoms with Crippen LogP contribution in [0, 0.1) is 6.92 Å². The Kier molecular flexibility index (Phi) is 8.93. The summed E-state index contributed by atoms with van der Waals surface area (Å²) in [6.07, 6.45) is 0. The average Bonchev–Trinajstić information content (AvgIpc) is 2.42. The van der Waals surface area contributed by atoms with Crippen LogP contribution in [0.2, 0.25) is 0 Å². The van der Waals surface area contributed by atoms with Gasteiger partial charge in [0.25, 0.3) is 5.91 Å². The number of amides is 1. The van der Waals surface area contributed by atoms with Crippen LogP contribution in [0.15, 0.2) is 30.3 Å². The summed E-state index contributed by atoms with van der Waals surface area (Å²) in [7, 11) is 0. The Hall–Kier alpha value is -1.36. The number of hydrogen-bond donors (Lipinski definition) is 2. The first-order chi connectivity index (χ1) is 9.22. The summed E-state index contributed by atoms with van der Waals surface area (Å²) in [6.45, 7) is 6.28. The van der Waals surface area contributed by atoms with Gasteiger partial charge in [-0.15, -0.1) is 24.8 Å². The smallest absolute Gasteiger partial charge is 0.253 e. The van der Waals surface area contributed by atoms with Crippen LogP contribution in [-0.4, -0.2) is 30.5 Å². The maximum atomic E-state index is 12.2. The second kappa shape index (κ2) is 9.55. The maximum Gasteiger partial charge on any atom is 0.253 e. The largest absolute Gasteiger partial charge is 0.351 e. The summed E-state index contributed by atoms with van der Waals surface area (Å²) in [5, 5.41) is 7.07.